The van der Waals surface area contributed by atoms with Gasteiger partial charge in [0.25, 0.3) is 11.8 Å². The molecule has 0 unspecified atom stereocenters. The minimum absolute atomic E-state index is 0.231. The SMILES string of the molecule is COc1cc(OC)cc(C(=O)NCC(=O)OCC(=O)NCc2ccccc2OC)c1. The Balaban J connectivity index is 1.76. The summed E-state index contributed by atoms with van der Waals surface area (Å²) in [5.41, 5.74) is 1.05. The lowest BCUT2D eigenvalue weighted by Crippen LogP contribution is -2.33. The van der Waals surface area contributed by atoms with Gasteiger partial charge >= 0.3 is 5.97 Å². The van der Waals surface area contributed by atoms with Gasteiger partial charge in [0.05, 0.1) is 21.3 Å². The number of nitrogens with one attached hydrogen (secondary N) is 2. The summed E-state index contributed by atoms with van der Waals surface area (Å²) in [5, 5.41) is 5.06. The topological polar surface area (TPSA) is 112 Å². The molecule has 0 atom stereocenters. The smallest absolute Gasteiger partial charge is 0.325 e. The van der Waals surface area contributed by atoms with Gasteiger partial charge in [-0.2, -0.15) is 0 Å². The highest BCUT2D eigenvalue weighted by Gasteiger charge is 2.13. The number of para-hydroxylation sites is 1. The van der Waals surface area contributed by atoms with Crippen molar-refractivity contribution in [3.05, 3.63) is 53.6 Å². The van der Waals surface area contributed by atoms with Gasteiger partial charge in [-0.25, -0.2) is 0 Å². The third-order valence-corrected chi connectivity index (χ3v) is 4.04. The lowest BCUT2D eigenvalue weighted by atomic mass is 10.2. The minimum Gasteiger partial charge on any atom is -0.497 e. The zero-order valence-corrected chi connectivity index (χ0v) is 17.0. The quantitative estimate of drug-likeness (QED) is 0.562. The average molecular weight is 416 g/mol. The molecule has 0 fully saturated rings. The van der Waals surface area contributed by atoms with E-state index in [1.165, 1.54) is 26.4 Å². The lowest BCUT2D eigenvalue weighted by molar-refractivity contribution is -0.147. The minimum atomic E-state index is -0.745. The second-order valence-electron chi connectivity index (χ2n) is 6.03. The fourth-order valence-corrected chi connectivity index (χ4v) is 2.48. The monoisotopic (exact) mass is 416 g/mol. The summed E-state index contributed by atoms with van der Waals surface area (Å²) >= 11 is 0. The van der Waals surface area contributed by atoms with Gasteiger partial charge in [0.15, 0.2) is 6.61 Å². The zero-order valence-electron chi connectivity index (χ0n) is 17.0. The van der Waals surface area contributed by atoms with Crippen molar-refractivity contribution in [1.29, 1.82) is 0 Å². The number of carbonyl (C=O) groups is 3. The maximum absolute atomic E-state index is 12.2. The van der Waals surface area contributed by atoms with Crippen molar-refractivity contribution in [2.75, 3.05) is 34.5 Å². The number of methoxy groups -OCH3 is 3. The first kappa shape index (κ1) is 22.5. The maximum Gasteiger partial charge on any atom is 0.325 e. The summed E-state index contributed by atoms with van der Waals surface area (Å²) < 4.78 is 20.3. The van der Waals surface area contributed by atoms with Crippen molar-refractivity contribution in [3.8, 4) is 17.2 Å². The van der Waals surface area contributed by atoms with Crippen LogP contribution in [0.4, 0.5) is 0 Å². The molecule has 0 saturated heterocycles. The molecule has 0 radical (unpaired) electrons. The molecule has 2 N–H and O–H groups in total. The molecular weight excluding hydrogens is 392 g/mol. The Morgan fingerprint density at radius 3 is 2.17 bits per heavy atom. The van der Waals surface area contributed by atoms with Crippen LogP contribution in [0.25, 0.3) is 0 Å². The first-order chi connectivity index (χ1) is 14.5. The van der Waals surface area contributed by atoms with Gasteiger partial charge in [-0.3, -0.25) is 14.4 Å². The van der Waals surface area contributed by atoms with E-state index in [9.17, 15) is 14.4 Å². The van der Waals surface area contributed by atoms with E-state index in [1.807, 2.05) is 18.2 Å². The van der Waals surface area contributed by atoms with E-state index >= 15 is 0 Å². The normalized spacial score (nSPS) is 9.97. The van der Waals surface area contributed by atoms with Crippen molar-refractivity contribution >= 4 is 17.8 Å². The van der Waals surface area contributed by atoms with Crippen molar-refractivity contribution in [3.63, 3.8) is 0 Å². The van der Waals surface area contributed by atoms with E-state index in [4.69, 9.17) is 18.9 Å². The van der Waals surface area contributed by atoms with Crippen LogP contribution in [0.15, 0.2) is 42.5 Å². The molecule has 9 heteroatoms. The Hall–Kier alpha value is -3.75. The fraction of sp³-hybridized carbons (Fsp3) is 0.286. The third kappa shape index (κ3) is 6.69. The fourth-order valence-electron chi connectivity index (χ4n) is 2.48. The van der Waals surface area contributed by atoms with Crippen molar-refractivity contribution in [2.24, 2.45) is 0 Å². The highest BCUT2D eigenvalue weighted by Crippen LogP contribution is 2.22. The first-order valence-corrected chi connectivity index (χ1v) is 9.02. The van der Waals surface area contributed by atoms with E-state index in [0.717, 1.165) is 5.56 Å². The number of hydrogen-bond donors (Lipinski definition) is 2. The molecule has 2 aromatic carbocycles. The number of hydrogen-bond acceptors (Lipinski definition) is 7. The van der Waals surface area contributed by atoms with Crippen LogP contribution in [0.5, 0.6) is 17.2 Å². The molecule has 30 heavy (non-hydrogen) atoms. The Labute approximate surface area is 174 Å². The molecule has 0 aromatic heterocycles. The van der Waals surface area contributed by atoms with Crippen LogP contribution in [-0.4, -0.2) is 52.3 Å². The van der Waals surface area contributed by atoms with Crippen LogP contribution in [0.2, 0.25) is 0 Å². The Morgan fingerprint density at radius 2 is 1.53 bits per heavy atom. The summed E-state index contributed by atoms with van der Waals surface area (Å²) in [4.78, 5) is 35.9. The molecule has 9 nitrogen and oxygen atoms in total. The molecule has 0 aliphatic heterocycles. The molecule has 2 rings (SSSR count). The summed E-state index contributed by atoms with van der Waals surface area (Å²) in [7, 11) is 4.47. The zero-order chi connectivity index (χ0) is 21.9. The lowest BCUT2D eigenvalue weighted by Gasteiger charge is -2.10. The van der Waals surface area contributed by atoms with Gasteiger partial charge in [0.1, 0.15) is 23.8 Å². The van der Waals surface area contributed by atoms with Crippen LogP contribution < -0.4 is 24.8 Å². The van der Waals surface area contributed by atoms with Crippen LogP contribution in [-0.2, 0) is 20.9 Å². The number of amides is 2. The predicted octanol–water partition coefficient (Wildman–Crippen LogP) is 1.30. The summed E-state index contributed by atoms with van der Waals surface area (Å²) in [6, 6.07) is 11.9. The molecule has 0 heterocycles. The Bertz CT molecular complexity index is 876. The second-order valence-corrected chi connectivity index (χ2v) is 6.03. The molecule has 2 amide bonds. The van der Waals surface area contributed by atoms with Gasteiger partial charge in [-0.05, 0) is 18.2 Å². The van der Waals surface area contributed by atoms with Crippen molar-refractivity contribution in [1.82, 2.24) is 10.6 Å². The van der Waals surface area contributed by atoms with E-state index in [2.05, 4.69) is 10.6 Å². The van der Waals surface area contributed by atoms with E-state index in [1.54, 1.807) is 19.2 Å². The number of carbonyl (C=O) groups excluding carboxylic acids is 3. The maximum atomic E-state index is 12.2. The average Bonchev–Trinajstić information content (AvgIpc) is 2.79. The number of rotatable bonds is 10. The van der Waals surface area contributed by atoms with Gasteiger partial charge < -0.3 is 29.6 Å². The van der Waals surface area contributed by atoms with E-state index in [-0.39, 0.29) is 12.1 Å². The highest BCUT2D eigenvalue weighted by atomic mass is 16.5. The second kappa shape index (κ2) is 11.3. The van der Waals surface area contributed by atoms with Gasteiger partial charge in [0.2, 0.25) is 0 Å². The van der Waals surface area contributed by atoms with Gasteiger partial charge in [-0.1, -0.05) is 18.2 Å². The van der Waals surface area contributed by atoms with Crippen LogP contribution >= 0.6 is 0 Å². The van der Waals surface area contributed by atoms with E-state index in [0.29, 0.717) is 17.2 Å². The molecular formula is C21H24N2O7. The molecule has 0 spiro atoms. The van der Waals surface area contributed by atoms with Crippen LogP contribution in [0.3, 0.4) is 0 Å². The van der Waals surface area contributed by atoms with E-state index < -0.39 is 30.9 Å². The predicted molar refractivity (Wildman–Crippen MR) is 108 cm³/mol. The van der Waals surface area contributed by atoms with Crippen molar-refractivity contribution in [2.45, 2.75) is 6.54 Å². The molecule has 160 valence electrons. The van der Waals surface area contributed by atoms with Gasteiger partial charge in [-0.15, -0.1) is 0 Å². The molecule has 0 saturated carbocycles. The third-order valence-electron chi connectivity index (χ3n) is 4.04. The summed E-state index contributed by atoms with van der Waals surface area (Å²) in [5.74, 6) is -0.206. The molecule has 2 aromatic rings. The Morgan fingerprint density at radius 1 is 0.867 bits per heavy atom. The number of esters is 1. The molecule has 0 aliphatic carbocycles. The number of benzene rings is 2. The Kier molecular flexibility index (Phi) is 8.49. The molecule has 0 aliphatic rings. The van der Waals surface area contributed by atoms with Crippen LogP contribution in [0.1, 0.15) is 15.9 Å². The summed E-state index contributed by atoms with van der Waals surface area (Å²) in [6.07, 6.45) is 0. The van der Waals surface area contributed by atoms with Crippen molar-refractivity contribution < 1.29 is 33.3 Å². The van der Waals surface area contributed by atoms with Gasteiger partial charge in [0, 0.05) is 23.7 Å². The number of ether oxygens (including phenoxy) is 4. The first-order valence-electron chi connectivity index (χ1n) is 9.02. The van der Waals surface area contributed by atoms with Crippen LogP contribution in [0, 0.1) is 0 Å². The summed E-state index contributed by atoms with van der Waals surface area (Å²) in [6.45, 7) is -0.621. The standard InChI is InChI=1S/C21H24N2O7/c1-27-16-8-15(9-17(10-16)28-2)21(26)23-12-20(25)30-13-19(24)22-11-14-6-4-5-7-18(14)29-3/h4-10H,11-13H2,1-3H3,(H,22,24)(H,23,26). The largest absolute Gasteiger partial charge is 0.497 e. The molecule has 0 bridgehead atoms. The highest BCUT2D eigenvalue weighted by molar-refractivity contribution is 5.96.